The van der Waals surface area contributed by atoms with E-state index >= 15 is 0 Å². The smallest absolute Gasteiger partial charge is 0.271 e. The third-order valence-corrected chi connectivity index (χ3v) is 2.96. The highest BCUT2D eigenvalue weighted by Crippen LogP contribution is 2.23. The zero-order valence-corrected chi connectivity index (χ0v) is 10.1. The summed E-state index contributed by atoms with van der Waals surface area (Å²) in [5.41, 5.74) is 0.658. The maximum Gasteiger partial charge on any atom is 0.277 e. The molecule has 6 heteroatoms. The number of hydrogen-bond donors (Lipinski definition) is 0. The van der Waals surface area contributed by atoms with Gasteiger partial charge in [0.1, 0.15) is 0 Å². The number of amides is 1. The molecule has 0 N–H and O–H groups in total. The van der Waals surface area contributed by atoms with E-state index in [2.05, 4.69) is 0 Å². The van der Waals surface area contributed by atoms with Crippen LogP contribution in [0, 0.1) is 17.0 Å². The van der Waals surface area contributed by atoms with Gasteiger partial charge in [0.25, 0.3) is 11.6 Å². The van der Waals surface area contributed by atoms with Crippen molar-refractivity contribution in [1.82, 2.24) is 5.06 Å². The van der Waals surface area contributed by atoms with Crippen molar-refractivity contribution in [3.05, 3.63) is 39.4 Å². The van der Waals surface area contributed by atoms with Crippen molar-refractivity contribution in [2.24, 2.45) is 0 Å². The van der Waals surface area contributed by atoms with E-state index in [1.165, 1.54) is 17.2 Å². The number of hydroxylamine groups is 2. The molecule has 0 spiro atoms. The molecule has 1 amide bonds. The molecule has 1 heterocycles. The van der Waals surface area contributed by atoms with Gasteiger partial charge in [-0.1, -0.05) is 6.07 Å². The molecule has 0 bridgehead atoms. The average Bonchev–Trinajstić information content (AvgIpc) is 2.39. The quantitative estimate of drug-likeness (QED) is 0.595. The predicted molar refractivity (Wildman–Crippen MR) is 64.1 cm³/mol. The van der Waals surface area contributed by atoms with Gasteiger partial charge in [0, 0.05) is 18.2 Å². The van der Waals surface area contributed by atoms with E-state index in [0.717, 1.165) is 12.8 Å². The first-order valence-electron chi connectivity index (χ1n) is 5.80. The van der Waals surface area contributed by atoms with E-state index < -0.39 is 4.92 Å². The van der Waals surface area contributed by atoms with Crippen molar-refractivity contribution in [3.8, 4) is 0 Å². The van der Waals surface area contributed by atoms with Gasteiger partial charge >= 0.3 is 0 Å². The Labute approximate surface area is 104 Å². The van der Waals surface area contributed by atoms with Crippen LogP contribution in [0.25, 0.3) is 0 Å². The Balaban J connectivity index is 2.30. The highest BCUT2D eigenvalue weighted by atomic mass is 16.7. The molecule has 0 radical (unpaired) electrons. The lowest BCUT2D eigenvalue weighted by Gasteiger charge is -2.26. The van der Waals surface area contributed by atoms with Gasteiger partial charge in [0.2, 0.25) is 0 Å². The molecular weight excluding hydrogens is 236 g/mol. The lowest BCUT2D eigenvalue weighted by Crippen LogP contribution is -2.36. The van der Waals surface area contributed by atoms with Crippen LogP contribution in [0.3, 0.4) is 0 Å². The van der Waals surface area contributed by atoms with Crippen molar-refractivity contribution >= 4 is 11.6 Å². The molecule has 0 atom stereocenters. The molecule has 1 saturated heterocycles. The maximum absolute atomic E-state index is 12.2. The largest absolute Gasteiger partial charge is 0.277 e. The zero-order chi connectivity index (χ0) is 13.1. The SMILES string of the molecule is Cc1c(C(=O)N2CCCCO2)cccc1[N+](=O)[O-]. The topological polar surface area (TPSA) is 72.7 Å². The van der Waals surface area contributed by atoms with Crippen LogP contribution in [0.15, 0.2) is 18.2 Å². The summed E-state index contributed by atoms with van der Waals surface area (Å²) < 4.78 is 0. The van der Waals surface area contributed by atoms with E-state index in [1.807, 2.05) is 0 Å². The first kappa shape index (κ1) is 12.5. The number of nitro groups is 1. The molecule has 2 rings (SSSR count). The second kappa shape index (κ2) is 5.14. The molecule has 1 aromatic rings. The number of benzene rings is 1. The highest BCUT2D eigenvalue weighted by Gasteiger charge is 2.24. The van der Waals surface area contributed by atoms with Crippen LogP contribution in [0.4, 0.5) is 5.69 Å². The fraction of sp³-hybridized carbons (Fsp3) is 0.417. The Morgan fingerprint density at radius 2 is 2.22 bits per heavy atom. The molecule has 0 aromatic heterocycles. The zero-order valence-electron chi connectivity index (χ0n) is 10.1. The summed E-state index contributed by atoms with van der Waals surface area (Å²) in [5, 5.41) is 12.1. The molecule has 0 unspecified atom stereocenters. The van der Waals surface area contributed by atoms with Crippen LogP contribution in [-0.2, 0) is 4.84 Å². The molecular formula is C12H14N2O4. The summed E-state index contributed by atoms with van der Waals surface area (Å²) in [6.45, 7) is 2.62. The lowest BCUT2D eigenvalue weighted by atomic mass is 10.1. The monoisotopic (exact) mass is 250 g/mol. The Kier molecular flexibility index (Phi) is 3.57. The summed E-state index contributed by atoms with van der Waals surface area (Å²) in [6, 6.07) is 4.49. The Morgan fingerprint density at radius 3 is 2.83 bits per heavy atom. The number of carbonyl (C=O) groups is 1. The number of rotatable bonds is 2. The van der Waals surface area contributed by atoms with Crippen LogP contribution < -0.4 is 0 Å². The summed E-state index contributed by atoms with van der Waals surface area (Å²) in [4.78, 5) is 27.8. The normalized spacial score (nSPS) is 15.5. The minimum atomic E-state index is -0.483. The van der Waals surface area contributed by atoms with E-state index in [9.17, 15) is 14.9 Å². The number of hydrogen-bond acceptors (Lipinski definition) is 4. The summed E-state index contributed by atoms with van der Waals surface area (Å²) in [5.74, 6) is -0.309. The Hall–Kier alpha value is -1.95. The third-order valence-electron chi connectivity index (χ3n) is 2.96. The van der Waals surface area contributed by atoms with Crippen LogP contribution in [0.2, 0.25) is 0 Å². The molecule has 1 aliphatic heterocycles. The Bertz CT molecular complexity index is 481. The first-order valence-corrected chi connectivity index (χ1v) is 5.80. The lowest BCUT2D eigenvalue weighted by molar-refractivity contribution is -0.385. The van der Waals surface area contributed by atoms with E-state index in [4.69, 9.17) is 4.84 Å². The maximum atomic E-state index is 12.2. The van der Waals surface area contributed by atoms with Crippen LogP contribution in [0.1, 0.15) is 28.8 Å². The minimum absolute atomic E-state index is 0.0436. The molecule has 0 aliphatic carbocycles. The van der Waals surface area contributed by atoms with Crippen molar-refractivity contribution in [3.63, 3.8) is 0 Å². The number of carbonyl (C=O) groups excluding carboxylic acids is 1. The molecule has 1 aromatic carbocycles. The molecule has 6 nitrogen and oxygen atoms in total. The third kappa shape index (κ3) is 2.33. The average molecular weight is 250 g/mol. The molecule has 0 saturated carbocycles. The molecule has 1 fully saturated rings. The van der Waals surface area contributed by atoms with E-state index in [1.54, 1.807) is 13.0 Å². The predicted octanol–water partition coefficient (Wildman–Crippen LogP) is 2.07. The van der Waals surface area contributed by atoms with Crippen LogP contribution in [-0.4, -0.2) is 29.0 Å². The molecule has 1 aliphatic rings. The second-order valence-electron chi connectivity index (χ2n) is 4.15. The summed E-state index contributed by atoms with van der Waals surface area (Å²) in [7, 11) is 0. The second-order valence-corrected chi connectivity index (χ2v) is 4.15. The standard InChI is InChI=1S/C12H14N2O4/c1-9-10(5-4-6-11(9)14(16)17)12(15)13-7-2-3-8-18-13/h4-6H,2-3,7-8H2,1H3. The van der Waals surface area contributed by atoms with Crippen LogP contribution in [0.5, 0.6) is 0 Å². The fourth-order valence-corrected chi connectivity index (χ4v) is 1.94. The molecule has 18 heavy (non-hydrogen) atoms. The van der Waals surface area contributed by atoms with Gasteiger partial charge in [0.15, 0.2) is 0 Å². The van der Waals surface area contributed by atoms with Gasteiger partial charge in [-0.05, 0) is 25.8 Å². The van der Waals surface area contributed by atoms with Gasteiger partial charge in [-0.25, -0.2) is 5.06 Å². The van der Waals surface area contributed by atoms with E-state index in [-0.39, 0.29) is 11.6 Å². The van der Waals surface area contributed by atoms with Crippen molar-refractivity contribution in [1.29, 1.82) is 0 Å². The summed E-state index contributed by atoms with van der Waals surface area (Å²) in [6.07, 6.45) is 1.82. The Morgan fingerprint density at radius 1 is 1.44 bits per heavy atom. The van der Waals surface area contributed by atoms with Gasteiger partial charge in [0.05, 0.1) is 17.1 Å². The van der Waals surface area contributed by atoms with Gasteiger partial charge in [-0.2, -0.15) is 0 Å². The first-order chi connectivity index (χ1) is 8.61. The van der Waals surface area contributed by atoms with Gasteiger partial charge < -0.3 is 0 Å². The van der Waals surface area contributed by atoms with E-state index in [0.29, 0.717) is 24.3 Å². The minimum Gasteiger partial charge on any atom is -0.271 e. The van der Waals surface area contributed by atoms with Crippen molar-refractivity contribution < 1.29 is 14.6 Å². The number of nitrogens with zero attached hydrogens (tertiary/aromatic N) is 2. The van der Waals surface area contributed by atoms with Gasteiger partial charge in [-0.3, -0.25) is 19.7 Å². The molecule has 96 valence electrons. The highest BCUT2D eigenvalue weighted by molar-refractivity contribution is 5.96. The van der Waals surface area contributed by atoms with Gasteiger partial charge in [-0.15, -0.1) is 0 Å². The van der Waals surface area contributed by atoms with Crippen molar-refractivity contribution in [2.75, 3.05) is 13.2 Å². The van der Waals surface area contributed by atoms with Crippen molar-refractivity contribution in [2.45, 2.75) is 19.8 Å². The fourth-order valence-electron chi connectivity index (χ4n) is 1.94. The summed E-state index contributed by atoms with van der Waals surface area (Å²) >= 11 is 0. The number of nitro benzene ring substituents is 1. The van der Waals surface area contributed by atoms with Crippen LogP contribution >= 0.6 is 0 Å².